The minimum absolute atomic E-state index is 0.122. The summed E-state index contributed by atoms with van der Waals surface area (Å²) in [4.78, 5) is 25.6. The minimum Gasteiger partial charge on any atom is -0.353 e. The maximum atomic E-state index is 11.6. The first kappa shape index (κ1) is 11.8. The van der Waals surface area contributed by atoms with Gasteiger partial charge in [-0.15, -0.1) is 0 Å². The Bertz CT molecular complexity index is 453. The first-order valence-corrected chi connectivity index (χ1v) is 6.47. The van der Waals surface area contributed by atoms with E-state index in [2.05, 4.69) is 27.6 Å². The van der Waals surface area contributed by atoms with Crippen LogP contribution in [0.2, 0.25) is 0 Å². The summed E-state index contributed by atoms with van der Waals surface area (Å²) in [7, 11) is 0. The van der Waals surface area contributed by atoms with E-state index in [1.807, 2.05) is 6.92 Å². The number of alkyl halides is 1. The van der Waals surface area contributed by atoms with E-state index in [-0.39, 0.29) is 11.7 Å². The SMILES string of the molecule is CC[C@H]1O[C@@H](n2c(=O)cc[nH]c2=O)C[C@H]1I. The van der Waals surface area contributed by atoms with Gasteiger partial charge in [-0.2, -0.15) is 0 Å². The molecule has 0 bridgehead atoms. The fraction of sp³-hybridized carbons (Fsp3) is 0.600. The number of halogens is 1. The Morgan fingerprint density at radius 2 is 2.38 bits per heavy atom. The summed E-state index contributed by atoms with van der Waals surface area (Å²) < 4.78 is 7.21. The van der Waals surface area contributed by atoms with Crippen LogP contribution in [0.15, 0.2) is 21.9 Å². The lowest BCUT2D eigenvalue weighted by atomic mass is 10.2. The standard InChI is InChI=1S/C10H13IN2O3/c1-2-7-6(11)5-9(16-7)13-8(14)3-4-12-10(13)15/h3-4,6-7,9H,2,5H2,1H3,(H,12,15)/t6-,7-,9-/m1/s1. The van der Waals surface area contributed by atoms with Gasteiger partial charge in [0.15, 0.2) is 0 Å². The molecule has 1 fully saturated rings. The summed E-state index contributed by atoms with van der Waals surface area (Å²) in [5.41, 5.74) is -0.716. The van der Waals surface area contributed by atoms with Gasteiger partial charge >= 0.3 is 5.69 Å². The number of rotatable bonds is 2. The van der Waals surface area contributed by atoms with E-state index in [1.165, 1.54) is 12.3 Å². The van der Waals surface area contributed by atoms with Gasteiger partial charge in [0.05, 0.1) is 6.10 Å². The number of nitrogens with zero attached hydrogens (tertiary/aromatic N) is 1. The fourth-order valence-corrected chi connectivity index (χ4v) is 3.03. The molecule has 0 amide bonds. The lowest BCUT2D eigenvalue weighted by Gasteiger charge is -2.13. The largest absolute Gasteiger partial charge is 0.353 e. The van der Waals surface area contributed by atoms with Crippen molar-refractivity contribution in [3.63, 3.8) is 0 Å². The molecule has 6 heteroatoms. The molecule has 0 spiro atoms. The third-order valence-electron chi connectivity index (χ3n) is 2.74. The predicted molar refractivity (Wildman–Crippen MR) is 67.9 cm³/mol. The van der Waals surface area contributed by atoms with E-state index >= 15 is 0 Å². The molecular formula is C10H13IN2O3. The van der Waals surface area contributed by atoms with Crippen molar-refractivity contribution in [1.29, 1.82) is 0 Å². The van der Waals surface area contributed by atoms with E-state index < -0.39 is 11.9 Å². The lowest BCUT2D eigenvalue weighted by Crippen LogP contribution is -2.37. The van der Waals surface area contributed by atoms with Gasteiger partial charge in [0.1, 0.15) is 6.23 Å². The molecule has 1 saturated heterocycles. The highest BCUT2D eigenvalue weighted by Crippen LogP contribution is 2.33. The van der Waals surface area contributed by atoms with E-state index in [0.717, 1.165) is 11.0 Å². The number of nitrogens with one attached hydrogen (secondary N) is 1. The van der Waals surface area contributed by atoms with E-state index in [9.17, 15) is 9.59 Å². The first-order valence-electron chi connectivity index (χ1n) is 5.23. The Hall–Kier alpha value is -0.630. The summed E-state index contributed by atoms with van der Waals surface area (Å²) in [6.45, 7) is 2.04. The molecule has 88 valence electrons. The van der Waals surface area contributed by atoms with Gasteiger partial charge in [0.2, 0.25) is 0 Å². The molecule has 0 unspecified atom stereocenters. The number of aromatic nitrogens is 2. The van der Waals surface area contributed by atoms with Crippen molar-refractivity contribution in [3.05, 3.63) is 33.1 Å². The molecule has 1 aromatic heterocycles. The molecule has 1 N–H and O–H groups in total. The van der Waals surface area contributed by atoms with Gasteiger partial charge in [-0.3, -0.25) is 4.79 Å². The molecular weight excluding hydrogens is 323 g/mol. The van der Waals surface area contributed by atoms with Crippen LogP contribution in [0.3, 0.4) is 0 Å². The summed E-state index contributed by atoms with van der Waals surface area (Å²) in [6, 6.07) is 1.34. The topological polar surface area (TPSA) is 64.1 Å². The number of hydrogen-bond donors (Lipinski definition) is 1. The average Bonchev–Trinajstić information content (AvgIpc) is 2.59. The van der Waals surface area contributed by atoms with Crippen LogP contribution in [-0.4, -0.2) is 19.6 Å². The molecule has 0 radical (unpaired) electrons. The van der Waals surface area contributed by atoms with Crippen molar-refractivity contribution in [3.8, 4) is 0 Å². The Kier molecular flexibility index (Phi) is 3.48. The summed E-state index contributed by atoms with van der Waals surface area (Å²) in [5.74, 6) is 0. The molecule has 1 aliphatic rings. The Morgan fingerprint density at radius 3 is 2.94 bits per heavy atom. The Balaban J connectivity index is 2.34. The van der Waals surface area contributed by atoms with Crippen LogP contribution in [0, 0.1) is 0 Å². The van der Waals surface area contributed by atoms with Crippen LogP contribution in [0.25, 0.3) is 0 Å². The van der Waals surface area contributed by atoms with E-state index in [4.69, 9.17) is 4.74 Å². The molecule has 0 aromatic carbocycles. The van der Waals surface area contributed by atoms with Crippen LogP contribution in [0.1, 0.15) is 26.0 Å². The number of ether oxygens (including phenoxy) is 1. The molecule has 2 rings (SSSR count). The van der Waals surface area contributed by atoms with Gasteiger partial charge in [-0.25, -0.2) is 9.36 Å². The highest BCUT2D eigenvalue weighted by molar-refractivity contribution is 14.1. The lowest BCUT2D eigenvalue weighted by molar-refractivity contribution is -0.00261. The third-order valence-corrected chi connectivity index (χ3v) is 4.05. The van der Waals surface area contributed by atoms with E-state index in [0.29, 0.717) is 10.3 Å². The zero-order valence-corrected chi connectivity index (χ0v) is 11.0. The van der Waals surface area contributed by atoms with Gasteiger partial charge < -0.3 is 9.72 Å². The highest BCUT2D eigenvalue weighted by atomic mass is 127. The maximum Gasteiger partial charge on any atom is 0.330 e. The summed E-state index contributed by atoms with van der Waals surface area (Å²) in [6.07, 6.45) is 2.64. The molecule has 1 aromatic rings. The highest BCUT2D eigenvalue weighted by Gasteiger charge is 2.34. The molecule has 1 aliphatic heterocycles. The van der Waals surface area contributed by atoms with Gasteiger partial charge in [-0.1, -0.05) is 29.5 Å². The number of H-pyrrole nitrogens is 1. The third kappa shape index (κ3) is 2.08. The van der Waals surface area contributed by atoms with Crippen LogP contribution < -0.4 is 11.2 Å². The van der Waals surface area contributed by atoms with Crippen molar-refractivity contribution < 1.29 is 4.74 Å². The molecule has 2 heterocycles. The quantitative estimate of drug-likeness (QED) is 0.648. The maximum absolute atomic E-state index is 11.6. The zero-order chi connectivity index (χ0) is 11.7. The molecule has 3 atom stereocenters. The van der Waals surface area contributed by atoms with Crippen LogP contribution >= 0.6 is 22.6 Å². The Morgan fingerprint density at radius 1 is 1.62 bits per heavy atom. The van der Waals surface area contributed by atoms with Gasteiger partial charge in [0.25, 0.3) is 5.56 Å². The van der Waals surface area contributed by atoms with Crippen LogP contribution in [-0.2, 0) is 4.74 Å². The van der Waals surface area contributed by atoms with Crippen LogP contribution in [0.4, 0.5) is 0 Å². The molecule has 0 aliphatic carbocycles. The average molecular weight is 336 g/mol. The molecule has 5 nitrogen and oxygen atoms in total. The second kappa shape index (κ2) is 4.70. The number of aromatic amines is 1. The molecule has 16 heavy (non-hydrogen) atoms. The van der Waals surface area contributed by atoms with Crippen LogP contribution in [0.5, 0.6) is 0 Å². The summed E-state index contributed by atoms with van der Waals surface area (Å²) in [5, 5.41) is 0. The minimum atomic E-state index is -0.427. The fourth-order valence-electron chi connectivity index (χ4n) is 1.91. The van der Waals surface area contributed by atoms with Crippen molar-refractivity contribution in [1.82, 2.24) is 9.55 Å². The Labute approximate surface area is 106 Å². The normalized spacial score (nSPS) is 29.5. The van der Waals surface area contributed by atoms with Crippen molar-refractivity contribution in [2.45, 2.75) is 36.0 Å². The summed E-state index contributed by atoms with van der Waals surface area (Å²) >= 11 is 2.31. The van der Waals surface area contributed by atoms with Gasteiger partial charge in [-0.05, 0) is 6.42 Å². The second-order valence-electron chi connectivity index (χ2n) is 3.78. The van der Waals surface area contributed by atoms with Crippen molar-refractivity contribution >= 4 is 22.6 Å². The zero-order valence-electron chi connectivity index (χ0n) is 8.85. The van der Waals surface area contributed by atoms with Gasteiger partial charge in [0, 0.05) is 22.6 Å². The van der Waals surface area contributed by atoms with Crippen molar-refractivity contribution in [2.75, 3.05) is 0 Å². The smallest absolute Gasteiger partial charge is 0.330 e. The molecule has 0 saturated carbocycles. The second-order valence-corrected chi connectivity index (χ2v) is 5.38. The van der Waals surface area contributed by atoms with E-state index in [1.54, 1.807) is 0 Å². The monoisotopic (exact) mass is 336 g/mol. The number of hydrogen-bond acceptors (Lipinski definition) is 3. The first-order chi connectivity index (χ1) is 7.63. The predicted octanol–water partition coefficient (Wildman–Crippen LogP) is 1.04. The van der Waals surface area contributed by atoms with Crippen molar-refractivity contribution in [2.24, 2.45) is 0 Å².